The fraction of sp³-hybridized carbons (Fsp3) is 0.200. The van der Waals surface area contributed by atoms with Crippen LogP contribution >= 0.6 is 11.3 Å². The van der Waals surface area contributed by atoms with Crippen molar-refractivity contribution in [2.24, 2.45) is 0 Å². The summed E-state index contributed by atoms with van der Waals surface area (Å²) in [6, 6.07) is 12.4. The van der Waals surface area contributed by atoms with Gasteiger partial charge in [-0.25, -0.2) is 4.98 Å². The number of thiophene rings is 1. The van der Waals surface area contributed by atoms with Crippen molar-refractivity contribution in [2.75, 3.05) is 5.32 Å². The van der Waals surface area contributed by atoms with Gasteiger partial charge in [-0.3, -0.25) is 5.10 Å². The number of hydrogen-bond donors (Lipinski definition) is 2. The topological polar surface area (TPSA) is 53.6 Å². The number of nitrogens with zero attached hydrogens (tertiary/aromatic N) is 2. The minimum atomic E-state index is 0.730. The third-order valence-electron chi connectivity index (χ3n) is 3.01. The number of benzene rings is 1. The Bertz CT molecular complexity index is 714. The first-order valence-corrected chi connectivity index (χ1v) is 7.31. The van der Waals surface area contributed by atoms with Crippen LogP contribution in [0, 0.1) is 13.8 Å². The van der Waals surface area contributed by atoms with E-state index >= 15 is 0 Å². The average Bonchev–Trinajstić information content (AvgIpc) is 3.06. The molecular weight excluding hydrogens is 268 g/mol. The second-order valence-corrected chi connectivity index (χ2v) is 6.03. The molecule has 4 nitrogen and oxygen atoms in total. The van der Waals surface area contributed by atoms with Crippen LogP contribution in [0.2, 0.25) is 0 Å². The van der Waals surface area contributed by atoms with Gasteiger partial charge in [-0.2, -0.15) is 5.10 Å². The zero-order chi connectivity index (χ0) is 13.9. The highest BCUT2D eigenvalue weighted by Gasteiger charge is 2.09. The molecule has 5 heteroatoms. The highest BCUT2D eigenvalue weighted by Crippen LogP contribution is 2.26. The predicted octanol–water partition coefficient (Wildman–Crippen LogP) is 3.76. The van der Waals surface area contributed by atoms with Gasteiger partial charge < -0.3 is 5.32 Å². The van der Waals surface area contributed by atoms with Gasteiger partial charge in [0.2, 0.25) is 0 Å². The zero-order valence-corrected chi connectivity index (χ0v) is 12.3. The minimum absolute atomic E-state index is 0.730. The number of aromatic amines is 1. The molecule has 0 saturated carbocycles. The quantitative estimate of drug-likeness (QED) is 0.767. The van der Waals surface area contributed by atoms with Crippen LogP contribution < -0.4 is 5.32 Å². The Morgan fingerprint density at radius 1 is 1.15 bits per heavy atom. The van der Waals surface area contributed by atoms with E-state index < -0.39 is 0 Å². The lowest BCUT2D eigenvalue weighted by atomic mass is 10.1. The molecule has 3 aromatic rings. The number of anilines is 1. The largest absolute Gasteiger partial charge is 0.380 e. The van der Waals surface area contributed by atoms with Crippen molar-refractivity contribution in [3.8, 4) is 11.4 Å². The number of H-pyrrole nitrogens is 1. The molecule has 2 heterocycles. The maximum absolute atomic E-state index is 4.40. The first-order chi connectivity index (χ1) is 9.72. The fourth-order valence-electron chi connectivity index (χ4n) is 2.06. The number of para-hydroxylation sites is 1. The fourth-order valence-corrected chi connectivity index (χ4v) is 2.89. The first-order valence-electron chi connectivity index (χ1n) is 6.50. The van der Waals surface area contributed by atoms with Crippen molar-refractivity contribution in [1.29, 1.82) is 0 Å². The van der Waals surface area contributed by atoms with Gasteiger partial charge in [0.1, 0.15) is 5.82 Å². The molecule has 3 rings (SSSR count). The normalized spacial score (nSPS) is 10.7. The van der Waals surface area contributed by atoms with Crippen LogP contribution in [0.3, 0.4) is 0 Å². The van der Waals surface area contributed by atoms with E-state index in [1.54, 1.807) is 0 Å². The number of aromatic nitrogens is 3. The number of nitrogens with one attached hydrogen (secondary N) is 2. The van der Waals surface area contributed by atoms with Crippen molar-refractivity contribution in [1.82, 2.24) is 15.2 Å². The lowest BCUT2D eigenvalue weighted by molar-refractivity contribution is 1.04. The Kier molecular flexibility index (Phi) is 3.52. The van der Waals surface area contributed by atoms with E-state index in [-0.39, 0.29) is 0 Å². The zero-order valence-electron chi connectivity index (χ0n) is 11.5. The van der Waals surface area contributed by atoms with Crippen LogP contribution in [0.4, 0.5) is 5.69 Å². The highest BCUT2D eigenvalue weighted by atomic mass is 32.1. The predicted molar refractivity (Wildman–Crippen MR) is 82.9 cm³/mol. The number of rotatable bonds is 4. The van der Waals surface area contributed by atoms with Crippen molar-refractivity contribution in [3.05, 3.63) is 52.0 Å². The molecule has 2 N–H and O–H groups in total. The molecule has 0 amide bonds. The second-order valence-electron chi connectivity index (χ2n) is 4.66. The second kappa shape index (κ2) is 5.46. The van der Waals surface area contributed by atoms with Crippen molar-refractivity contribution in [2.45, 2.75) is 20.4 Å². The molecule has 2 aromatic heterocycles. The summed E-state index contributed by atoms with van der Waals surface area (Å²) in [5.41, 5.74) is 2.07. The molecular formula is C15H16N4S. The lowest BCUT2D eigenvalue weighted by Crippen LogP contribution is -1.99. The molecule has 0 aliphatic heterocycles. The molecule has 20 heavy (non-hydrogen) atoms. The van der Waals surface area contributed by atoms with E-state index in [4.69, 9.17) is 0 Å². The monoisotopic (exact) mass is 284 g/mol. The van der Waals surface area contributed by atoms with Gasteiger partial charge in [0.25, 0.3) is 0 Å². The van der Waals surface area contributed by atoms with Gasteiger partial charge >= 0.3 is 0 Å². The molecule has 0 aliphatic rings. The van der Waals surface area contributed by atoms with E-state index in [0.717, 1.165) is 29.4 Å². The third kappa shape index (κ3) is 2.72. The van der Waals surface area contributed by atoms with Crippen LogP contribution in [0.25, 0.3) is 11.4 Å². The maximum Gasteiger partial charge on any atom is 0.183 e. The average molecular weight is 284 g/mol. The summed E-state index contributed by atoms with van der Waals surface area (Å²) in [6.45, 7) is 4.85. The van der Waals surface area contributed by atoms with Crippen molar-refractivity contribution < 1.29 is 0 Å². The standard InChI is InChI=1S/C15H16N4S/c1-10-7-8-12(20-10)9-16-14-6-4-3-5-13(14)15-17-11(2)18-19-15/h3-8,16H,9H2,1-2H3,(H,17,18,19). The molecule has 0 fully saturated rings. The summed E-state index contributed by atoms with van der Waals surface area (Å²) < 4.78 is 0. The van der Waals surface area contributed by atoms with E-state index in [1.165, 1.54) is 9.75 Å². The summed E-state index contributed by atoms with van der Waals surface area (Å²) in [4.78, 5) is 7.05. The third-order valence-corrected chi connectivity index (χ3v) is 4.01. The summed E-state index contributed by atoms with van der Waals surface area (Å²) in [6.07, 6.45) is 0. The summed E-state index contributed by atoms with van der Waals surface area (Å²) in [7, 11) is 0. The Labute approximate surface area is 121 Å². The summed E-state index contributed by atoms with van der Waals surface area (Å²) in [5, 5.41) is 10.6. The van der Waals surface area contributed by atoms with Crippen LogP contribution in [0.5, 0.6) is 0 Å². The molecule has 0 atom stereocenters. The molecule has 0 radical (unpaired) electrons. The van der Waals surface area contributed by atoms with Gasteiger partial charge in [0.15, 0.2) is 5.82 Å². The van der Waals surface area contributed by atoms with Gasteiger partial charge in [-0.05, 0) is 38.1 Å². The van der Waals surface area contributed by atoms with Gasteiger partial charge in [-0.1, -0.05) is 12.1 Å². The highest BCUT2D eigenvalue weighted by molar-refractivity contribution is 7.11. The van der Waals surface area contributed by atoms with E-state index in [2.05, 4.69) is 45.6 Å². The molecule has 0 bridgehead atoms. The van der Waals surface area contributed by atoms with E-state index in [9.17, 15) is 0 Å². The maximum atomic E-state index is 4.40. The molecule has 0 unspecified atom stereocenters. The molecule has 1 aromatic carbocycles. The first kappa shape index (κ1) is 12.9. The summed E-state index contributed by atoms with van der Waals surface area (Å²) >= 11 is 1.81. The molecule has 0 saturated heterocycles. The van der Waals surface area contributed by atoms with E-state index in [1.807, 2.05) is 36.5 Å². The molecule has 0 spiro atoms. The minimum Gasteiger partial charge on any atom is -0.380 e. The Balaban J connectivity index is 1.83. The smallest absolute Gasteiger partial charge is 0.183 e. The number of hydrogen-bond acceptors (Lipinski definition) is 4. The Morgan fingerprint density at radius 2 is 2.00 bits per heavy atom. The number of aryl methyl sites for hydroxylation is 2. The van der Waals surface area contributed by atoms with Crippen molar-refractivity contribution >= 4 is 17.0 Å². The van der Waals surface area contributed by atoms with Crippen LogP contribution in [-0.2, 0) is 6.54 Å². The van der Waals surface area contributed by atoms with Gasteiger partial charge in [-0.15, -0.1) is 11.3 Å². The van der Waals surface area contributed by atoms with Crippen LogP contribution in [0.15, 0.2) is 36.4 Å². The van der Waals surface area contributed by atoms with Gasteiger partial charge in [0.05, 0.1) is 0 Å². The van der Waals surface area contributed by atoms with E-state index in [0.29, 0.717) is 0 Å². The Morgan fingerprint density at radius 3 is 2.70 bits per heavy atom. The Hall–Kier alpha value is -2.14. The SMILES string of the molecule is Cc1nc(-c2ccccc2NCc2ccc(C)s2)n[nH]1. The van der Waals surface area contributed by atoms with Crippen LogP contribution in [0.1, 0.15) is 15.6 Å². The lowest BCUT2D eigenvalue weighted by Gasteiger charge is -2.08. The molecule has 0 aliphatic carbocycles. The summed E-state index contributed by atoms with van der Waals surface area (Å²) in [5.74, 6) is 1.55. The molecule has 102 valence electrons. The van der Waals surface area contributed by atoms with Crippen LogP contribution in [-0.4, -0.2) is 15.2 Å². The van der Waals surface area contributed by atoms with Crippen molar-refractivity contribution in [3.63, 3.8) is 0 Å². The van der Waals surface area contributed by atoms with Gasteiger partial charge in [0, 0.05) is 27.5 Å².